The molecule has 1 atom stereocenters. The quantitative estimate of drug-likeness (QED) is 0.761. The second kappa shape index (κ2) is 9.04. The van der Waals surface area contributed by atoms with Crippen molar-refractivity contribution < 1.29 is 0 Å². The molecule has 2 aliphatic heterocycles. The summed E-state index contributed by atoms with van der Waals surface area (Å²) in [6, 6.07) is 2.44. The van der Waals surface area contributed by atoms with Gasteiger partial charge in [-0.2, -0.15) is 9.97 Å². The van der Waals surface area contributed by atoms with E-state index in [0.717, 1.165) is 43.7 Å². The largest absolute Gasteiger partial charge is 0.360 e. The molecule has 6 nitrogen and oxygen atoms in total. The Kier molecular flexibility index (Phi) is 6.73. The van der Waals surface area contributed by atoms with Gasteiger partial charge < -0.3 is 20.4 Å². The minimum atomic E-state index is 0.277. The minimum Gasteiger partial charge on any atom is -0.360 e. The summed E-state index contributed by atoms with van der Waals surface area (Å²) in [4.78, 5) is 14.4. The number of hydrogen-bond acceptors (Lipinski definition) is 5. The van der Waals surface area contributed by atoms with Crippen LogP contribution in [-0.2, 0) is 0 Å². The Morgan fingerprint density at radius 3 is 2.33 bits per heavy atom. The van der Waals surface area contributed by atoms with Gasteiger partial charge in [-0.15, -0.1) is 0 Å². The second-order valence-corrected chi connectivity index (χ2v) is 8.93. The molecule has 7 heteroatoms. The molecule has 0 aliphatic carbocycles. The highest BCUT2D eigenvalue weighted by molar-refractivity contribution is 7.80. The predicted molar refractivity (Wildman–Crippen MR) is 118 cm³/mol. The molecule has 1 aromatic rings. The SMILES string of the molecule is CC1CCN(c2cc(N3CCC[C@H](C)C3)nc(NC(=S)NC(C)C)n2)CC1. The molecule has 3 heterocycles. The van der Waals surface area contributed by atoms with E-state index in [9.17, 15) is 0 Å². The fraction of sp³-hybridized carbons (Fsp3) is 0.750. The Balaban J connectivity index is 1.84. The van der Waals surface area contributed by atoms with Crippen LogP contribution in [0.1, 0.15) is 53.4 Å². The van der Waals surface area contributed by atoms with Crippen molar-refractivity contribution in [1.29, 1.82) is 0 Å². The Hall–Kier alpha value is -1.63. The topological polar surface area (TPSA) is 56.3 Å². The highest BCUT2D eigenvalue weighted by Gasteiger charge is 2.22. The normalized spacial score (nSPS) is 21.4. The van der Waals surface area contributed by atoms with Gasteiger partial charge in [0.1, 0.15) is 11.6 Å². The van der Waals surface area contributed by atoms with Crippen LogP contribution in [0.2, 0.25) is 0 Å². The Morgan fingerprint density at radius 2 is 1.70 bits per heavy atom. The molecule has 2 aliphatic rings. The zero-order valence-corrected chi connectivity index (χ0v) is 18.0. The van der Waals surface area contributed by atoms with E-state index >= 15 is 0 Å². The molecule has 150 valence electrons. The lowest BCUT2D eigenvalue weighted by atomic mass is 9.99. The second-order valence-electron chi connectivity index (χ2n) is 8.52. The maximum absolute atomic E-state index is 5.42. The van der Waals surface area contributed by atoms with E-state index in [1.54, 1.807) is 0 Å². The molecule has 0 amide bonds. The first-order chi connectivity index (χ1) is 12.9. The maximum atomic E-state index is 5.42. The van der Waals surface area contributed by atoms with Crippen LogP contribution in [0.4, 0.5) is 17.6 Å². The van der Waals surface area contributed by atoms with Gasteiger partial charge in [0, 0.05) is 38.3 Å². The van der Waals surface area contributed by atoms with Crippen LogP contribution < -0.4 is 20.4 Å². The molecular weight excluding hydrogens is 356 g/mol. The lowest BCUT2D eigenvalue weighted by molar-refractivity contribution is 0.435. The summed E-state index contributed by atoms with van der Waals surface area (Å²) in [6.07, 6.45) is 4.95. The molecule has 0 aromatic carbocycles. The van der Waals surface area contributed by atoms with Gasteiger partial charge in [0.05, 0.1) is 0 Å². The van der Waals surface area contributed by atoms with Gasteiger partial charge in [-0.3, -0.25) is 0 Å². The smallest absolute Gasteiger partial charge is 0.232 e. The van der Waals surface area contributed by atoms with E-state index in [4.69, 9.17) is 22.2 Å². The van der Waals surface area contributed by atoms with Crippen LogP contribution in [-0.4, -0.2) is 47.3 Å². The number of nitrogens with one attached hydrogen (secondary N) is 2. The molecule has 2 N–H and O–H groups in total. The molecule has 0 unspecified atom stereocenters. The third kappa shape index (κ3) is 5.67. The van der Waals surface area contributed by atoms with Gasteiger partial charge in [0.15, 0.2) is 5.11 Å². The van der Waals surface area contributed by atoms with E-state index < -0.39 is 0 Å². The number of thiocarbonyl (C=S) groups is 1. The fourth-order valence-corrected chi connectivity index (χ4v) is 4.16. The van der Waals surface area contributed by atoms with Crippen molar-refractivity contribution in [3.05, 3.63) is 6.07 Å². The van der Waals surface area contributed by atoms with E-state index in [2.05, 4.69) is 54.2 Å². The molecule has 0 bridgehead atoms. The van der Waals surface area contributed by atoms with Crippen LogP contribution in [0.25, 0.3) is 0 Å². The van der Waals surface area contributed by atoms with Crippen LogP contribution in [0.5, 0.6) is 0 Å². The first-order valence-corrected chi connectivity index (χ1v) is 10.8. The first kappa shape index (κ1) is 20.1. The first-order valence-electron chi connectivity index (χ1n) is 10.4. The predicted octanol–water partition coefficient (Wildman–Crippen LogP) is 3.64. The molecule has 2 fully saturated rings. The van der Waals surface area contributed by atoms with Crippen molar-refractivity contribution in [1.82, 2.24) is 15.3 Å². The molecule has 0 spiro atoms. The maximum Gasteiger partial charge on any atom is 0.232 e. The summed E-state index contributed by atoms with van der Waals surface area (Å²) >= 11 is 5.42. The van der Waals surface area contributed by atoms with Gasteiger partial charge in [-0.05, 0) is 63.6 Å². The van der Waals surface area contributed by atoms with Crippen LogP contribution in [0, 0.1) is 11.8 Å². The molecule has 0 radical (unpaired) electrons. The monoisotopic (exact) mass is 390 g/mol. The molecule has 0 saturated carbocycles. The van der Waals surface area contributed by atoms with Gasteiger partial charge >= 0.3 is 0 Å². The van der Waals surface area contributed by atoms with E-state index in [1.807, 2.05) is 0 Å². The number of hydrogen-bond donors (Lipinski definition) is 2. The summed E-state index contributed by atoms with van der Waals surface area (Å²) in [7, 11) is 0. The van der Waals surface area contributed by atoms with Crippen molar-refractivity contribution in [2.24, 2.45) is 11.8 Å². The highest BCUT2D eigenvalue weighted by atomic mass is 32.1. The number of aromatic nitrogens is 2. The van der Waals surface area contributed by atoms with Crippen molar-refractivity contribution >= 4 is 34.9 Å². The summed E-state index contributed by atoms with van der Waals surface area (Å²) in [6.45, 7) is 13.0. The van der Waals surface area contributed by atoms with Crippen LogP contribution in [0.15, 0.2) is 6.07 Å². The Morgan fingerprint density at radius 1 is 1.04 bits per heavy atom. The number of piperidine rings is 2. The third-order valence-electron chi connectivity index (χ3n) is 5.43. The number of anilines is 3. The van der Waals surface area contributed by atoms with Gasteiger partial charge in [0.2, 0.25) is 5.95 Å². The highest BCUT2D eigenvalue weighted by Crippen LogP contribution is 2.28. The summed E-state index contributed by atoms with van der Waals surface area (Å²) in [5.74, 6) is 4.12. The number of rotatable bonds is 4. The van der Waals surface area contributed by atoms with Crippen molar-refractivity contribution in [3.63, 3.8) is 0 Å². The zero-order valence-electron chi connectivity index (χ0n) is 17.2. The zero-order chi connectivity index (χ0) is 19.4. The van der Waals surface area contributed by atoms with Crippen molar-refractivity contribution in [2.75, 3.05) is 41.3 Å². The summed E-state index contributed by atoms with van der Waals surface area (Å²) < 4.78 is 0. The summed E-state index contributed by atoms with van der Waals surface area (Å²) in [5, 5.41) is 6.99. The van der Waals surface area contributed by atoms with Crippen molar-refractivity contribution in [2.45, 2.75) is 59.4 Å². The molecule has 1 aromatic heterocycles. The van der Waals surface area contributed by atoms with Crippen LogP contribution >= 0.6 is 12.2 Å². The van der Waals surface area contributed by atoms with Crippen LogP contribution in [0.3, 0.4) is 0 Å². The van der Waals surface area contributed by atoms with E-state index in [0.29, 0.717) is 17.0 Å². The molecular formula is C20H34N6S. The van der Waals surface area contributed by atoms with E-state index in [1.165, 1.54) is 25.7 Å². The Bertz CT molecular complexity index is 641. The van der Waals surface area contributed by atoms with E-state index in [-0.39, 0.29) is 6.04 Å². The summed E-state index contributed by atoms with van der Waals surface area (Å²) in [5.41, 5.74) is 0. The average molecular weight is 391 g/mol. The Labute approximate surface area is 169 Å². The average Bonchev–Trinajstić information content (AvgIpc) is 2.61. The minimum absolute atomic E-state index is 0.277. The number of nitrogens with zero attached hydrogens (tertiary/aromatic N) is 4. The molecule has 3 rings (SSSR count). The van der Waals surface area contributed by atoms with Crippen molar-refractivity contribution in [3.8, 4) is 0 Å². The molecule has 2 saturated heterocycles. The lowest BCUT2D eigenvalue weighted by Crippen LogP contribution is -2.37. The lowest BCUT2D eigenvalue weighted by Gasteiger charge is -2.34. The van der Waals surface area contributed by atoms with Gasteiger partial charge in [0.25, 0.3) is 0 Å². The molecule has 27 heavy (non-hydrogen) atoms. The fourth-order valence-electron chi connectivity index (χ4n) is 3.84. The third-order valence-corrected chi connectivity index (χ3v) is 5.65. The van der Waals surface area contributed by atoms with Gasteiger partial charge in [-0.25, -0.2) is 0 Å². The van der Waals surface area contributed by atoms with Gasteiger partial charge in [-0.1, -0.05) is 13.8 Å². The standard InChI is InChI=1S/C20H34N6S/c1-14(2)21-20(27)24-19-22-17(25-10-7-15(3)8-11-25)12-18(23-19)26-9-5-6-16(4)13-26/h12,14-16H,5-11,13H2,1-4H3,(H2,21,22,23,24,27)/t16-/m0/s1.